The second-order valence-electron chi connectivity index (χ2n) is 3.36. The highest BCUT2D eigenvalue weighted by molar-refractivity contribution is 6.29. The summed E-state index contributed by atoms with van der Waals surface area (Å²) < 4.78 is 0. The van der Waals surface area contributed by atoms with Crippen LogP contribution in [0.3, 0.4) is 0 Å². The monoisotopic (exact) mass is 211 g/mol. The van der Waals surface area contributed by atoms with Gasteiger partial charge in [-0.05, 0) is 25.0 Å². The van der Waals surface area contributed by atoms with Crippen LogP contribution < -0.4 is 5.32 Å². The second kappa shape index (κ2) is 3.92. The van der Waals surface area contributed by atoms with Crippen molar-refractivity contribution in [2.24, 2.45) is 5.92 Å². The largest absolute Gasteiger partial charge is 0.309 e. The predicted octanol–water partition coefficient (Wildman–Crippen LogP) is 1.87. The number of hydrogen-bond acceptors (Lipinski definition) is 3. The molecule has 1 aliphatic rings. The molecule has 2 rings (SSSR count). The minimum atomic E-state index is 0.0351. The van der Waals surface area contributed by atoms with Gasteiger partial charge in [-0.3, -0.25) is 4.79 Å². The predicted molar refractivity (Wildman–Crippen MR) is 53.0 cm³/mol. The fourth-order valence-electron chi connectivity index (χ4n) is 1.28. The number of nitrogens with one attached hydrogen (secondary N) is 1. The third-order valence-corrected chi connectivity index (χ3v) is 2.56. The SMILES string of the molecule is O=C(Nc1ccc(Cl)nn1)C1CCC1. The number of aromatic nitrogens is 2. The number of rotatable bonds is 2. The van der Waals surface area contributed by atoms with Gasteiger partial charge in [0.1, 0.15) is 0 Å². The van der Waals surface area contributed by atoms with Gasteiger partial charge in [0.2, 0.25) is 5.91 Å². The van der Waals surface area contributed by atoms with E-state index in [-0.39, 0.29) is 11.8 Å². The van der Waals surface area contributed by atoms with Crippen LogP contribution in [0.25, 0.3) is 0 Å². The molecule has 1 amide bonds. The Balaban J connectivity index is 1.96. The summed E-state index contributed by atoms with van der Waals surface area (Å²) in [6, 6.07) is 3.25. The molecule has 1 aromatic heterocycles. The molecule has 1 fully saturated rings. The quantitative estimate of drug-likeness (QED) is 0.813. The van der Waals surface area contributed by atoms with E-state index in [0.29, 0.717) is 11.0 Å². The molecule has 14 heavy (non-hydrogen) atoms. The van der Waals surface area contributed by atoms with E-state index in [4.69, 9.17) is 11.6 Å². The van der Waals surface area contributed by atoms with Crippen LogP contribution in [0.15, 0.2) is 12.1 Å². The van der Waals surface area contributed by atoms with Crippen LogP contribution in [0.4, 0.5) is 5.82 Å². The summed E-state index contributed by atoms with van der Waals surface area (Å²) >= 11 is 5.56. The summed E-state index contributed by atoms with van der Waals surface area (Å²) in [6.07, 6.45) is 3.10. The molecular weight excluding hydrogens is 202 g/mol. The average molecular weight is 212 g/mol. The summed E-state index contributed by atoms with van der Waals surface area (Å²) in [7, 11) is 0. The van der Waals surface area contributed by atoms with Gasteiger partial charge in [-0.1, -0.05) is 18.0 Å². The minimum absolute atomic E-state index is 0.0351. The fourth-order valence-corrected chi connectivity index (χ4v) is 1.38. The van der Waals surface area contributed by atoms with E-state index in [0.717, 1.165) is 19.3 Å². The molecule has 74 valence electrons. The van der Waals surface area contributed by atoms with Gasteiger partial charge in [0, 0.05) is 5.92 Å². The molecule has 4 nitrogen and oxygen atoms in total. The molecule has 0 saturated heterocycles. The third-order valence-electron chi connectivity index (χ3n) is 2.36. The first-order valence-corrected chi connectivity index (χ1v) is 4.93. The Bertz CT molecular complexity index is 334. The Morgan fingerprint density at radius 2 is 2.21 bits per heavy atom. The van der Waals surface area contributed by atoms with Crippen molar-refractivity contribution in [1.29, 1.82) is 0 Å². The molecule has 0 bridgehead atoms. The first kappa shape index (κ1) is 9.40. The summed E-state index contributed by atoms with van der Waals surface area (Å²) in [4.78, 5) is 11.5. The maximum Gasteiger partial charge on any atom is 0.228 e. The minimum Gasteiger partial charge on any atom is -0.309 e. The van der Waals surface area contributed by atoms with Gasteiger partial charge >= 0.3 is 0 Å². The van der Waals surface area contributed by atoms with Gasteiger partial charge in [-0.25, -0.2) is 0 Å². The summed E-state index contributed by atoms with van der Waals surface area (Å²) in [5.74, 6) is 0.659. The Hall–Kier alpha value is -1.16. The van der Waals surface area contributed by atoms with E-state index in [9.17, 15) is 4.79 Å². The topological polar surface area (TPSA) is 54.9 Å². The number of halogens is 1. The Morgan fingerprint density at radius 1 is 1.43 bits per heavy atom. The van der Waals surface area contributed by atoms with Crippen molar-refractivity contribution in [3.05, 3.63) is 17.3 Å². The maximum absolute atomic E-state index is 11.5. The molecule has 5 heteroatoms. The van der Waals surface area contributed by atoms with E-state index in [1.165, 1.54) is 0 Å². The molecule has 1 N–H and O–H groups in total. The van der Waals surface area contributed by atoms with E-state index in [1.807, 2.05) is 0 Å². The zero-order chi connectivity index (χ0) is 9.97. The van der Waals surface area contributed by atoms with Crippen molar-refractivity contribution in [1.82, 2.24) is 10.2 Å². The molecule has 0 aromatic carbocycles. The van der Waals surface area contributed by atoms with Gasteiger partial charge in [0.05, 0.1) is 0 Å². The van der Waals surface area contributed by atoms with Crippen LogP contribution in [0, 0.1) is 5.92 Å². The van der Waals surface area contributed by atoms with Gasteiger partial charge in [-0.15, -0.1) is 10.2 Å². The highest BCUT2D eigenvalue weighted by atomic mass is 35.5. The van der Waals surface area contributed by atoms with Crippen molar-refractivity contribution in [2.45, 2.75) is 19.3 Å². The molecule has 1 aliphatic carbocycles. The van der Waals surface area contributed by atoms with Gasteiger partial charge in [0.25, 0.3) is 0 Å². The van der Waals surface area contributed by atoms with Crippen molar-refractivity contribution in [3.63, 3.8) is 0 Å². The first-order valence-electron chi connectivity index (χ1n) is 4.56. The van der Waals surface area contributed by atoms with Crippen molar-refractivity contribution >= 4 is 23.3 Å². The van der Waals surface area contributed by atoms with Crippen LogP contribution in [-0.2, 0) is 4.79 Å². The lowest BCUT2D eigenvalue weighted by molar-refractivity contribution is -0.122. The molecule has 0 aliphatic heterocycles. The molecule has 0 unspecified atom stereocenters. The summed E-state index contributed by atoms with van der Waals surface area (Å²) in [5, 5.41) is 10.4. The van der Waals surface area contributed by atoms with Gasteiger partial charge in [-0.2, -0.15) is 0 Å². The lowest BCUT2D eigenvalue weighted by Crippen LogP contribution is -2.28. The highest BCUT2D eigenvalue weighted by Gasteiger charge is 2.25. The first-order chi connectivity index (χ1) is 6.75. The van der Waals surface area contributed by atoms with Gasteiger partial charge in [0.15, 0.2) is 11.0 Å². The van der Waals surface area contributed by atoms with E-state index >= 15 is 0 Å². The average Bonchev–Trinajstić information content (AvgIpc) is 2.06. The van der Waals surface area contributed by atoms with Crippen LogP contribution in [0.2, 0.25) is 5.15 Å². The summed E-state index contributed by atoms with van der Waals surface area (Å²) in [5.41, 5.74) is 0. The fraction of sp³-hybridized carbons (Fsp3) is 0.444. The standard InChI is InChI=1S/C9H10ClN3O/c10-7-4-5-8(13-12-7)11-9(14)6-2-1-3-6/h4-6H,1-3H2,(H,11,13,14). The maximum atomic E-state index is 11.5. The molecule has 1 heterocycles. The number of carbonyl (C=O) groups is 1. The molecule has 1 aromatic rings. The van der Waals surface area contributed by atoms with Crippen LogP contribution in [-0.4, -0.2) is 16.1 Å². The molecule has 0 atom stereocenters. The number of anilines is 1. The van der Waals surface area contributed by atoms with Crippen LogP contribution in [0.1, 0.15) is 19.3 Å². The van der Waals surface area contributed by atoms with E-state index in [1.54, 1.807) is 12.1 Å². The Kier molecular flexibility index (Phi) is 2.63. The lowest BCUT2D eigenvalue weighted by Gasteiger charge is -2.23. The number of carbonyl (C=O) groups excluding carboxylic acids is 1. The Labute approximate surface area is 86.7 Å². The van der Waals surface area contributed by atoms with Crippen molar-refractivity contribution in [2.75, 3.05) is 5.32 Å². The zero-order valence-corrected chi connectivity index (χ0v) is 8.29. The summed E-state index contributed by atoms with van der Waals surface area (Å²) in [6.45, 7) is 0. The van der Waals surface area contributed by atoms with Crippen molar-refractivity contribution in [3.8, 4) is 0 Å². The Morgan fingerprint density at radius 3 is 2.71 bits per heavy atom. The highest BCUT2D eigenvalue weighted by Crippen LogP contribution is 2.27. The molecule has 1 saturated carbocycles. The molecule has 0 spiro atoms. The lowest BCUT2D eigenvalue weighted by atomic mass is 9.85. The smallest absolute Gasteiger partial charge is 0.228 e. The zero-order valence-electron chi connectivity index (χ0n) is 7.53. The van der Waals surface area contributed by atoms with E-state index in [2.05, 4.69) is 15.5 Å². The second-order valence-corrected chi connectivity index (χ2v) is 3.75. The van der Waals surface area contributed by atoms with Crippen LogP contribution in [0.5, 0.6) is 0 Å². The number of nitrogens with zero attached hydrogens (tertiary/aromatic N) is 2. The number of amides is 1. The van der Waals surface area contributed by atoms with Crippen LogP contribution >= 0.6 is 11.6 Å². The molecule has 0 radical (unpaired) electrons. The van der Waals surface area contributed by atoms with E-state index < -0.39 is 0 Å². The third kappa shape index (κ3) is 2.01. The number of hydrogen-bond donors (Lipinski definition) is 1. The van der Waals surface area contributed by atoms with Crippen molar-refractivity contribution < 1.29 is 4.79 Å². The molecular formula is C9H10ClN3O. The normalized spacial score (nSPS) is 16.1. The van der Waals surface area contributed by atoms with Gasteiger partial charge < -0.3 is 5.32 Å².